The van der Waals surface area contributed by atoms with E-state index in [-0.39, 0.29) is 5.97 Å². The summed E-state index contributed by atoms with van der Waals surface area (Å²) in [5.41, 5.74) is 5.98. The van der Waals surface area contributed by atoms with Crippen LogP contribution in [0.2, 0.25) is 0 Å². The molecule has 0 unspecified atom stereocenters. The van der Waals surface area contributed by atoms with Gasteiger partial charge in [-0.25, -0.2) is 0 Å². The zero-order valence-electron chi connectivity index (χ0n) is 12.2. The highest BCUT2D eigenvalue weighted by Gasteiger charge is 2.16. The highest BCUT2D eigenvalue weighted by atomic mass is 16.5. The number of unbranched alkanes of at least 4 members (excludes halogenated alkanes) is 2. The normalized spacial score (nSPS) is 17.6. The summed E-state index contributed by atoms with van der Waals surface area (Å²) in [4.78, 5) is 17.5. The fourth-order valence-corrected chi connectivity index (χ4v) is 2.19. The highest BCUT2D eigenvalue weighted by Crippen LogP contribution is 2.15. The summed E-state index contributed by atoms with van der Waals surface area (Å²) in [6.07, 6.45) is 5.73. The summed E-state index contributed by atoms with van der Waals surface area (Å²) >= 11 is 0. The molecule has 19 heavy (non-hydrogen) atoms. The van der Waals surface area contributed by atoms with E-state index >= 15 is 0 Å². The first-order valence-corrected chi connectivity index (χ1v) is 7.25. The van der Waals surface area contributed by atoms with Gasteiger partial charge in [-0.3, -0.25) is 9.79 Å². The van der Waals surface area contributed by atoms with Crippen molar-refractivity contribution < 1.29 is 9.53 Å². The minimum Gasteiger partial charge on any atom is -0.469 e. The Hall–Kier alpha value is -1.26. The summed E-state index contributed by atoms with van der Waals surface area (Å²) in [6, 6.07) is 0. The minimum absolute atomic E-state index is 0.134. The van der Waals surface area contributed by atoms with Crippen molar-refractivity contribution in [3.8, 4) is 0 Å². The van der Waals surface area contributed by atoms with Gasteiger partial charge in [-0.15, -0.1) is 0 Å². The Balaban J connectivity index is 2.09. The molecule has 0 aromatic carbocycles. The first-order chi connectivity index (χ1) is 9.13. The van der Waals surface area contributed by atoms with Gasteiger partial charge in [0.15, 0.2) is 5.96 Å². The largest absolute Gasteiger partial charge is 0.469 e. The quantitative estimate of drug-likeness (QED) is 0.345. The molecule has 0 amide bonds. The molecule has 1 aliphatic heterocycles. The third-order valence-corrected chi connectivity index (χ3v) is 3.65. The fraction of sp³-hybridized carbons (Fsp3) is 0.857. The molecule has 0 aromatic rings. The van der Waals surface area contributed by atoms with E-state index in [1.165, 1.54) is 20.0 Å². The number of nitrogens with zero attached hydrogens (tertiary/aromatic N) is 2. The van der Waals surface area contributed by atoms with Crippen molar-refractivity contribution in [2.45, 2.75) is 45.4 Å². The second-order valence-electron chi connectivity index (χ2n) is 5.30. The van der Waals surface area contributed by atoms with Crippen molar-refractivity contribution in [2.24, 2.45) is 16.6 Å². The molecule has 1 fully saturated rings. The van der Waals surface area contributed by atoms with Gasteiger partial charge in [0.2, 0.25) is 0 Å². The third-order valence-electron chi connectivity index (χ3n) is 3.65. The zero-order chi connectivity index (χ0) is 14.1. The van der Waals surface area contributed by atoms with Gasteiger partial charge in [0, 0.05) is 26.1 Å². The van der Waals surface area contributed by atoms with Crippen LogP contribution in [0.3, 0.4) is 0 Å². The molecule has 0 aromatic heterocycles. The maximum atomic E-state index is 10.9. The molecule has 0 spiro atoms. The predicted octanol–water partition coefficient (Wildman–Crippen LogP) is 1.77. The van der Waals surface area contributed by atoms with Gasteiger partial charge in [-0.1, -0.05) is 13.3 Å². The number of hydrogen-bond acceptors (Lipinski definition) is 3. The van der Waals surface area contributed by atoms with Crippen LogP contribution in [-0.4, -0.2) is 43.6 Å². The van der Waals surface area contributed by atoms with Crippen molar-refractivity contribution in [2.75, 3.05) is 26.7 Å². The van der Waals surface area contributed by atoms with E-state index in [0.717, 1.165) is 44.8 Å². The Morgan fingerprint density at radius 2 is 2.00 bits per heavy atom. The number of aliphatic imine (C=N–C) groups is 1. The molecule has 1 saturated heterocycles. The lowest BCUT2D eigenvalue weighted by atomic mass is 10.00. The number of carbonyl (C=O) groups is 1. The van der Waals surface area contributed by atoms with Gasteiger partial charge < -0.3 is 15.4 Å². The number of carbonyl (C=O) groups excluding carboxylic acids is 1. The zero-order valence-corrected chi connectivity index (χ0v) is 12.2. The van der Waals surface area contributed by atoms with Crippen LogP contribution in [0.1, 0.15) is 45.4 Å². The predicted molar refractivity (Wildman–Crippen MR) is 76.9 cm³/mol. The first kappa shape index (κ1) is 15.8. The Morgan fingerprint density at radius 3 is 2.63 bits per heavy atom. The number of likely N-dealkylation sites (tertiary alicyclic amines) is 1. The molecule has 0 saturated carbocycles. The maximum absolute atomic E-state index is 10.9. The van der Waals surface area contributed by atoms with E-state index in [9.17, 15) is 4.79 Å². The van der Waals surface area contributed by atoms with E-state index in [2.05, 4.69) is 21.6 Å². The van der Waals surface area contributed by atoms with Gasteiger partial charge in [0.25, 0.3) is 0 Å². The van der Waals surface area contributed by atoms with Crippen LogP contribution in [0.25, 0.3) is 0 Å². The number of methoxy groups -OCH3 is 1. The number of hydrogen-bond donors (Lipinski definition) is 1. The minimum atomic E-state index is -0.134. The fourth-order valence-electron chi connectivity index (χ4n) is 2.19. The van der Waals surface area contributed by atoms with Gasteiger partial charge in [0.1, 0.15) is 0 Å². The number of piperidine rings is 1. The molecule has 5 heteroatoms. The summed E-state index contributed by atoms with van der Waals surface area (Å²) in [5, 5.41) is 0. The van der Waals surface area contributed by atoms with E-state index in [0.29, 0.717) is 12.4 Å². The molecular weight excluding hydrogens is 242 g/mol. The van der Waals surface area contributed by atoms with Crippen molar-refractivity contribution in [1.82, 2.24) is 4.90 Å². The van der Waals surface area contributed by atoms with Crippen LogP contribution in [0.15, 0.2) is 4.99 Å². The van der Waals surface area contributed by atoms with Gasteiger partial charge in [-0.05, 0) is 31.6 Å². The number of rotatable bonds is 6. The molecule has 5 nitrogen and oxygen atoms in total. The van der Waals surface area contributed by atoms with E-state index in [1.54, 1.807) is 0 Å². The molecule has 2 N–H and O–H groups in total. The van der Waals surface area contributed by atoms with Gasteiger partial charge in [-0.2, -0.15) is 0 Å². The Morgan fingerprint density at radius 1 is 1.32 bits per heavy atom. The second kappa shape index (κ2) is 8.77. The molecule has 1 rings (SSSR count). The van der Waals surface area contributed by atoms with Crippen LogP contribution in [0, 0.1) is 5.92 Å². The lowest BCUT2D eigenvalue weighted by Crippen LogP contribution is -2.42. The van der Waals surface area contributed by atoms with E-state index in [1.807, 2.05) is 0 Å². The maximum Gasteiger partial charge on any atom is 0.305 e. The SMILES string of the molecule is COC(=O)CCCCCN=C(N)N1CCC(C)CC1. The molecule has 0 aliphatic carbocycles. The summed E-state index contributed by atoms with van der Waals surface area (Å²) < 4.78 is 4.59. The van der Waals surface area contributed by atoms with Gasteiger partial charge >= 0.3 is 5.97 Å². The number of esters is 1. The van der Waals surface area contributed by atoms with Crippen LogP contribution >= 0.6 is 0 Å². The van der Waals surface area contributed by atoms with Gasteiger partial charge in [0.05, 0.1) is 7.11 Å². The average Bonchev–Trinajstić information content (AvgIpc) is 2.42. The topological polar surface area (TPSA) is 67.9 Å². The van der Waals surface area contributed by atoms with Crippen LogP contribution in [-0.2, 0) is 9.53 Å². The average molecular weight is 269 g/mol. The Kier molecular flexibility index (Phi) is 7.30. The van der Waals surface area contributed by atoms with E-state index in [4.69, 9.17) is 5.73 Å². The molecule has 1 aliphatic rings. The molecule has 0 atom stereocenters. The van der Waals surface area contributed by atoms with Crippen molar-refractivity contribution in [3.05, 3.63) is 0 Å². The summed E-state index contributed by atoms with van der Waals surface area (Å²) in [6.45, 7) is 5.09. The first-order valence-electron chi connectivity index (χ1n) is 7.25. The molecule has 0 radical (unpaired) electrons. The van der Waals surface area contributed by atoms with Crippen LogP contribution < -0.4 is 5.73 Å². The Labute approximate surface area is 116 Å². The summed E-state index contributed by atoms with van der Waals surface area (Å²) in [7, 11) is 1.42. The second-order valence-corrected chi connectivity index (χ2v) is 5.30. The number of ether oxygens (including phenoxy) is 1. The standard InChI is InChI=1S/C14H27N3O2/c1-12-7-10-17(11-8-12)14(15)16-9-5-3-4-6-13(18)19-2/h12H,3-11H2,1-2H3,(H2,15,16). The highest BCUT2D eigenvalue weighted by molar-refractivity contribution is 5.78. The molecule has 110 valence electrons. The Bertz CT molecular complexity index is 297. The molecule has 0 bridgehead atoms. The van der Waals surface area contributed by atoms with Crippen molar-refractivity contribution >= 4 is 11.9 Å². The van der Waals surface area contributed by atoms with Crippen molar-refractivity contribution in [3.63, 3.8) is 0 Å². The number of nitrogens with two attached hydrogens (primary N) is 1. The van der Waals surface area contributed by atoms with E-state index < -0.39 is 0 Å². The lowest BCUT2D eigenvalue weighted by molar-refractivity contribution is -0.140. The lowest BCUT2D eigenvalue weighted by Gasteiger charge is -2.31. The number of guanidine groups is 1. The third kappa shape index (κ3) is 6.45. The van der Waals surface area contributed by atoms with Crippen LogP contribution in [0.5, 0.6) is 0 Å². The molecule has 1 heterocycles. The molecular formula is C14H27N3O2. The summed E-state index contributed by atoms with van der Waals surface area (Å²) in [5.74, 6) is 1.35. The smallest absolute Gasteiger partial charge is 0.305 e. The monoisotopic (exact) mass is 269 g/mol. The van der Waals surface area contributed by atoms with Crippen molar-refractivity contribution in [1.29, 1.82) is 0 Å². The van der Waals surface area contributed by atoms with Crippen LogP contribution in [0.4, 0.5) is 0 Å².